The minimum atomic E-state index is -0.684. The minimum absolute atomic E-state index is 0.164. The van der Waals surface area contributed by atoms with Gasteiger partial charge >= 0.3 is 0 Å². The van der Waals surface area contributed by atoms with Crippen LogP contribution in [-0.2, 0) is 22.6 Å². The Morgan fingerprint density at radius 1 is 0.844 bits per heavy atom. The number of methoxy groups -OCH3 is 1. The van der Waals surface area contributed by atoms with Gasteiger partial charge in [0.1, 0.15) is 17.5 Å². The second-order valence-electron chi connectivity index (χ2n) is 7.29. The molecule has 2 amide bonds. The maximum atomic E-state index is 13.3. The van der Waals surface area contributed by atoms with Gasteiger partial charge in [0.05, 0.1) is 7.11 Å². The summed E-state index contributed by atoms with van der Waals surface area (Å²) in [7, 11) is 3.18. The molecule has 0 spiro atoms. The molecule has 166 valence electrons. The van der Waals surface area contributed by atoms with E-state index in [1.165, 1.54) is 0 Å². The van der Waals surface area contributed by atoms with Crippen LogP contribution in [0.4, 0.5) is 0 Å². The van der Waals surface area contributed by atoms with E-state index in [0.29, 0.717) is 12.2 Å². The van der Waals surface area contributed by atoms with Crippen LogP contribution in [0.1, 0.15) is 11.1 Å². The van der Waals surface area contributed by atoms with E-state index in [1.54, 1.807) is 31.2 Å². The Bertz CT molecular complexity index is 991. The number of carbonyl (C=O) groups is 2. The summed E-state index contributed by atoms with van der Waals surface area (Å²) in [6.45, 7) is 0.106. The molecule has 0 saturated carbocycles. The van der Waals surface area contributed by atoms with Crippen molar-refractivity contribution in [3.63, 3.8) is 0 Å². The second kappa shape index (κ2) is 11.6. The number of hydrogen-bond donors (Lipinski definition) is 1. The topological polar surface area (TPSA) is 67.9 Å². The lowest BCUT2D eigenvalue weighted by Crippen LogP contribution is -2.51. The minimum Gasteiger partial charge on any atom is -0.497 e. The summed E-state index contributed by atoms with van der Waals surface area (Å²) in [5, 5.41) is 2.70. The molecule has 6 nitrogen and oxygen atoms in total. The number of para-hydroxylation sites is 1. The first-order valence-corrected chi connectivity index (χ1v) is 10.5. The van der Waals surface area contributed by atoms with Crippen molar-refractivity contribution < 1.29 is 19.1 Å². The average Bonchev–Trinajstić information content (AvgIpc) is 2.85. The van der Waals surface area contributed by atoms with E-state index in [2.05, 4.69) is 5.32 Å². The molecule has 0 bridgehead atoms. The Hall–Kier alpha value is -3.80. The fourth-order valence-electron chi connectivity index (χ4n) is 3.39. The maximum Gasteiger partial charge on any atom is 0.261 e. The van der Waals surface area contributed by atoms with E-state index in [0.717, 1.165) is 16.9 Å². The van der Waals surface area contributed by atoms with Crippen molar-refractivity contribution >= 4 is 11.8 Å². The Morgan fingerprint density at radius 2 is 1.47 bits per heavy atom. The quantitative estimate of drug-likeness (QED) is 0.533. The Kier molecular flexibility index (Phi) is 8.26. The molecule has 0 saturated heterocycles. The molecule has 32 heavy (non-hydrogen) atoms. The molecular formula is C26H28N2O4. The molecule has 0 aliphatic carbocycles. The van der Waals surface area contributed by atoms with Crippen LogP contribution in [0, 0.1) is 0 Å². The van der Waals surface area contributed by atoms with Crippen LogP contribution in [0.5, 0.6) is 11.5 Å². The number of rotatable bonds is 10. The summed E-state index contributed by atoms with van der Waals surface area (Å²) in [5.41, 5.74) is 1.86. The van der Waals surface area contributed by atoms with Crippen LogP contribution in [-0.4, -0.2) is 43.5 Å². The molecule has 0 fully saturated rings. The van der Waals surface area contributed by atoms with Gasteiger partial charge in [0.15, 0.2) is 6.61 Å². The number of amides is 2. The molecule has 0 aromatic heterocycles. The summed E-state index contributed by atoms with van der Waals surface area (Å²) in [6.07, 6.45) is 0.397. The van der Waals surface area contributed by atoms with Crippen LogP contribution in [0.15, 0.2) is 84.9 Å². The van der Waals surface area contributed by atoms with Crippen molar-refractivity contribution in [2.24, 2.45) is 0 Å². The van der Waals surface area contributed by atoms with Crippen LogP contribution < -0.4 is 14.8 Å². The lowest BCUT2D eigenvalue weighted by Gasteiger charge is -2.31. The van der Waals surface area contributed by atoms with Gasteiger partial charge in [0.2, 0.25) is 5.91 Å². The predicted molar refractivity (Wildman–Crippen MR) is 123 cm³/mol. The molecule has 3 rings (SSSR count). The molecule has 1 N–H and O–H groups in total. The highest BCUT2D eigenvalue weighted by Crippen LogP contribution is 2.18. The van der Waals surface area contributed by atoms with E-state index in [9.17, 15) is 9.59 Å². The lowest BCUT2D eigenvalue weighted by molar-refractivity contribution is -0.142. The largest absolute Gasteiger partial charge is 0.497 e. The predicted octanol–water partition coefficient (Wildman–Crippen LogP) is 3.46. The van der Waals surface area contributed by atoms with Crippen molar-refractivity contribution in [3.8, 4) is 11.5 Å². The third kappa shape index (κ3) is 6.35. The summed E-state index contributed by atoms with van der Waals surface area (Å²) < 4.78 is 10.9. The van der Waals surface area contributed by atoms with E-state index in [4.69, 9.17) is 9.47 Å². The van der Waals surface area contributed by atoms with E-state index >= 15 is 0 Å². The third-order valence-electron chi connectivity index (χ3n) is 5.13. The Labute approximate surface area is 188 Å². The summed E-state index contributed by atoms with van der Waals surface area (Å²) in [5.74, 6) is 0.834. The van der Waals surface area contributed by atoms with Gasteiger partial charge in [-0.05, 0) is 35.4 Å². The summed E-state index contributed by atoms with van der Waals surface area (Å²) in [4.78, 5) is 27.7. The van der Waals surface area contributed by atoms with Crippen molar-refractivity contribution in [1.29, 1.82) is 0 Å². The highest BCUT2D eigenvalue weighted by Gasteiger charge is 2.30. The highest BCUT2D eigenvalue weighted by molar-refractivity contribution is 5.88. The van der Waals surface area contributed by atoms with Gasteiger partial charge in [0.25, 0.3) is 5.91 Å². The molecule has 0 heterocycles. The molecule has 1 atom stereocenters. The average molecular weight is 433 g/mol. The van der Waals surface area contributed by atoms with Crippen molar-refractivity contribution in [1.82, 2.24) is 10.2 Å². The molecule has 3 aromatic rings. The first kappa shape index (κ1) is 22.9. The fourth-order valence-corrected chi connectivity index (χ4v) is 3.39. The van der Waals surface area contributed by atoms with Crippen molar-refractivity contribution in [3.05, 3.63) is 96.1 Å². The zero-order valence-corrected chi connectivity index (χ0v) is 18.4. The number of hydrogen-bond acceptors (Lipinski definition) is 4. The zero-order chi connectivity index (χ0) is 22.8. The standard InChI is InChI=1S/C26H28N2O4/c1-27-26(30)24(17-20-9-5-3-6-10-20)28(18-21-13-15-22(31-2)16-14-21)25(29)19-32-23-11-7-4-8-12-23/h3-16,24H,17-19H2,1-2H3,(H,27,30). The Balaban J connectivity index is 1.86. The second-order valence-corrected chi connectivity index (χ2v) is 7.29. The van der Waals surface area contributed by atoms with Gasteiger partial charge in [-0.25, -0.2) is 0 Å². The molecule has 0 aliphatic heterocycles. The smallest absolute Gasteiger partial charge is 0.261 e. The molecule has 6 heteroatoms. The van der Waals surface area contributed by atoms with Crippen LogP contribution in [0.25, 0.3) is 0 Å². The van der Waals surface area contributed by atoms with Crippen LogP contribution in [0.3, 0.4) is 0 Å². The van der Waals surface area contributed by atoms with Gasteiger partial charge in [-0.15, -0.1) is 0 Å². The molecule has 1 unspecified atom stereocenters. The van der Waals surface area contributed by atoms with Crippen LogP contribution in [0.2, 0.25) is 0 Å². The number of likely N-dealkylation sites (N-methyl/N-ethyl adjacent to an activating group) is 1. The number of benzene rings is 3. The van der Waals surface area contributed by atoms with Gasteiger partial charge < -0.3 is 19.7 Å². The highest BCUT2D eigenvalue weighted by atomic mass is 16.5. The molecule has 0 aliphatic rings. The van der Waals surface area contributed by atoms with Gasteiger partial charge in [-0.3, -0.25) is 9.59 Å². The number of carbonyl (C=O) groups excluding carboxylic acids is 2. The monoisotopic (exact) mass is 432 g/mol. The van der Waals surface area contributed by atoms with Crippen molar-refractivity contribution in [2.75, 3.05) is 20.8 Å². The number of nitrogens with one attached hydrogen (secondary N) is 1. The van der Waals surface area contributed by atoms with Crippen LogP contribution >= 0.6 is 0 Å². The zero-order valence-electron chi connectivity index (χ0n) is 18.4. The van der Waals surface area contributed by atoms with Gasteiger partial charge in [-0.1, -0.05) is 60.7 Å². The molecular weight excluding hydrogens is 404 g/mol. The summed E-state index contributed by atoms with van der Waals surface area (Å²) in [6, 6.07) is 25.6. The summed E-state index contributed by atoms with van der Waals surface area (Å²) >= 11 is 0. The Morgan fingerprint density at radius 3 is 2.06 bits per heavy atom. The maximum absolute atomic E-state index is 13.3. The van der Waals surface area contributed by atoms with E-state index in [1.807, 2.05) is 72.8 Å². The molecule has 0 radical (unpaired) electrons. The van der Waals surface area contributed by atoms with Crippen molar-refractivity contribution in [2.45, 2.75) is 19.0 Å². The first-order chi connectivity index (χ1) is 15.6. The fraction of sp³-hybridized carbons (Fsp3) is 0.231. The number of ether oxygens (including phenoxy) is 2. The van der Waals surface area contributed by atoms with E-state index in [-0.39, 0.29) is 25.0 Å². The molecule has 3 aromatic carbocycles. The lowest BCUT2D eigenvalue weighted by atomic mass is 10.0. The number of nitrogens with zero attached hydrogens (tertiary/aromatic N) is 1. The SMILES string of the molecule is CNC(=O)C(Cc1ccccc1)N(Cc1ccc(OC)cc1)C(=O)COc1ccccc1. The van der Waals surface area contributed by atoms with Gasteiger partial charge in [-0.2, -0.15) is 0 Å². The third-order valence-corrected chi connectivity index (χ3v) is 5.13. The first-order valence-electron chi connectivity index (χ1n) is 10.5. The normalized spacial score (nSPS) is 11.3. The van der Waals surface area contributed by atoms with E-state index < -0.39 is 6.04 Å². The van der Waals surface area contributed by atoms with Gasteiger partial charge in [0, 0.05) is 20.0 Å².